The zero-order valence-corrected chi connectivity index (χ0v) is 27.1. The number of aryl methyl sites for hydroxylation is 1. The smallest absolute Gasteiger partial charge is 0.264 e. The molecule has 0 saturated carbocycles. The summed E-state index contributed by atoms with van der Waals surface area (Å²) in [7, 11) is -4.27. The number of anilines is 1. The molecule has 236 valence electrons. The Morgan fingerprint density at radius 3 is 2.20 bits per heavy atom. The Morgan fingerprint density at radius 1 is 0.889 bits per heavy atom. The van der Waals surface area contributed by atoms with Crippen molar-refractivity contribution in [3.05, 3.63) is 131 Å². The Labute approximate surface area is 269 Å². The first kappa shape index (κ1) is 33.7. The highest BCUT2D eigenvalue weighted by Crippen LogP contribution is 2.27. The number of halogens is 2. The molecule has 4 rings (SSSR count). The van der Waals surface area contributed by atoms with Crippen molar-refractivity contribution >= 4 is 39.1 Å². The van der Waals surface area contributed by atoms with Crippen LogP contribution in [-0.2, 0) is 32.6 Å². The molecule has 0 aliphatic heterocycles. The summed E-state index contributed by atoms with van der Waals surface area (Å²) in [6, 6.07) is 26.6. The maximum atomic E-state index is 15.0. The van der Waals surface area contributed by atoms with E-state index in [1.54, 1.807) is 42.5 Å². The lowest BCUT2D eigenvalue weighted by atomic mass is 10.0. The van der Waals surface area contributed by atoms with Crippen LogP contribution in [0.5, 0.6) is 0 Å². The summed E-state index contributed by atoms with van der Waals surface area (Å²) in [5, 5.41) is 3.20. The zero-order chi connectivity index (χ0) is 32.6. The maximum Gasteiger partial charge on any atom is 0.264 e. The third-order valence-electron chi connectivity index (χ3n) is 7.24. The third kappa shape index (κ3) is 8.93. The van der Waals surface area contributed by atoms with E-state index in [1.165, 1.54) is 35.2 Å². The number of nitrogens with one attached hydrogen (secondary N) is 1. The molecule has 1 N–H and O–H groups in total. The highest BCUT2D eigenvalue weighted by atomic mass is 35.5. The van der Waals surface area contributed by atoms with Gasteiger partial charge in [0.15, 0.2) is 0 Å². The van der Waals surface area contributed by atoms with Gasteiger partial charge in [-0.3, -0.25) is 13.9 Å². The van der Waals surface area contributed by atoms with Crippen LogP contribution < -0.4 is 9.62 Å². The van der Waals surface area contributed by atoms with E-state index < -0.39 is 40.2 Å². The molecule has 0 aliphatic rings. The van der Waals surface area contributed by atoms with E-state index in [-0.39, 0.29) is 40.1 Å². The summed E-state index contributed by atoms with van der Waals surface area (Å²) in [5.41, 5.74) is 2.02. The number of benzene rings is 4. The molecule has 10 heteroatoms. The van der Waals surface area contributed by atoms with Gasteiger partial charge in [0, 0.05) is 30.1 Å². The van der Waals surface area contributed by atoms with E-state index in [0.29, 0.717) is 6.54 Å². The third-order valence-corrected chi connectivity index (χ3v) is 9.26. The van der Waals surface area contributed by atoms with Crippen molar-refractivity contribution in [2.24, 2.45) is 5.92 Å². The van der Waals surface area contributed by atoms with Crippen LogP contribution in [0.3, 0.4) is 0 Å². The van der Waals surface area contributed by atoms with E-state index >= 15 is 4.39 Å². The van der Waals surface area contributed by atoms with Gasteiger partial charge in [-0.25, -0.2) is 12.8 Å². The predicted octanol–water partition coefficient (Wildman–Crippen LogP) is 6.40. The zero-order valence-electron chi connectivity index (χ0n) is 25.5. The second-order valence-electron chi connectivity index (χ2n) is 11.3. The van der Waals surface area contributed by atoms with Crippen molar-refractivity contribution in [1.82, 2.24) is 10.2 Å². The largest absolute Gasteiger partial charge is 0.354 e. The molecule has 45 heavy (non-hydrogen) atoms. The predicted molar refractivity (Wildman–Crippen MR) is 176 cm³/mol. The number of carbonyl (C=O) groups excluding carboxylic acids is 2. The maximum absolute atomic E-state index is 15.0. The SMILES string of the molecule is Cc1ccc(S(=O)(=O)N(CC(=O)N(Cc2ccccc2F)C(Cc2ccccc2)C(=O)NCC(C)C)c2cccc(Cl)c2)cc1. The molecule has 1 unspecified atom stereocenters. The molecule has 0 aromatic heterocycles. The molecule has 0 spiro atoms. The number of sulfonamides is 1. The van der Waals surface area contributed by atoms with Crippen LogP contribution >= 0.6 is 11.6 Å². The number of hydrogen-bond donors (Lipinski definition) is 1. The second-order valence-corrected chi connectivity index (χ2v) is 13.6. The summed E-state index contributed by atoms with van der Waals surface area (Å²) in [4.78, 5) is 29.4. The summed E-state index contributed by atoms with van der Waals surface area (Å²) in [6.07, 6.45) is 0.132. The van der Waals surface area contributed by atoms with Crippen LogP contribution in [0.4, 0.5) is 10.1 Å². The Balaban J connectivity index is 1.81. The van der Waals surface area contributed by atoms with Gasteiger partial charge in [0.1, 0.15) is 18.4 Å². The summed E-state index contributed by atoms with van der Waals surface area (Å²) < 4.78 is 44.1. The minimum atomic E-state index is -4.27. The minimum absolute atomic E-state index is 0.0166. The van der Waals surface area contributed by atoms with Crippen molar-refractivity contribution in [2.75, 3.05) is 17.4 Å². The molecular weight excluding hydrogens is 613 g/mol. The molecule has 4 aromatic rings. The van der Waals surface area contributed by atoms with Crippen molar-refractivity contribution in [3.8, 4) is 0 Å². The van der Waals surface area contributed by atoms with E-state index in [2.05, 4.69) is 5.32 Å². The summed E-state index contributed by atoms with van der Waals surface area (Å²) in [5.74, 6) is -1.52. The summed E-state index contributed by atoms with van der Waals surface area (Å²) in [6.45, 7) is 5.19. The van der Waals surface area contributed by atoms with Crippen molar-refractivity contribution in [3.63, 3.8) is 0 Å². The molecule has 0 fully saturated rings. The summed E-state index contributed by atoms with van der Waals surface area (Å²) >= 11 is 6.26. The van der Waals surface area contributed by atoms with Gasteiger partial charge < -0.3 is 10.2 Å². The fraction of sp³-hybridized carbons (Fsp3) is 0.257. The van der Waals surface area contributed by atoms with Gasteiger partial charge >= 0.3 is 0 Å². The van der Waals surface area contributed by atoms with Gasteiger partial charge in [-0.15, -0.1) is 0 Å². The molecular formula is C35H37ClFN3O4S. The van der Waals surface area contributed by atoms with E-state index in [9.17, 15) is 18.0 Å². The average Bonchev–Trinajstić information content (AvgIpc) is 3.01. The topological polar surface area (TPSA) is 86.8 Å². The van der Waals surface area contributed by atoms with Crippen molar-refractivity contribution < 1.29 is 22.4 Å². The molecule has 2 amide bonds. The highest BCUT2D eigenvalue weighted by Gasteiger charge is 2.35. The van der Waals surface area contributed by atoms with E-state index in [4.69, 9.17) is 11.6 Å². The van der Waals surface area contributed by atoms with Gasteiger partial charge in [0.25, 0.3) is 10.0 Å². The van der Waals surface area contributed by atoms with Crippen LogP contribution in [0.25, 0.3) is 0 Å². The van der Waals surface area contributed by atoms with Crippen molar-refractivity contribution in [1.29, 1.82) is 0 Å². The first-order valence-corrected chi connectivity index (χ1v) is 16.5. The monoisotopic (exact) mass is 649 g/mol. The van der Waals surface area contributed by atoms with Crippen LogP contribution in [0.2, 0.25) is 5.02 Å². The van der Waals surface area contributed by atoms with Gasteiger partial charge in [-0.1, -0.05) is 97.7 Å². The highest BCUT2D eigenvalue weighted by molar-refractivity contribution is 7.92. The Kier molecular flexibility index (Phi) is 11.4. The molecule has 0 aliphatic carbocycles. The standard InChI is InChI=1S/C35H37ClFN3O4S/c1-25(2)22-38-35(42)33(20-27-10-5-4-6-11-27)39(23-28-12-7-8-15-32(28)37)34(41)24-40(30-14-9-13-29(36)21-30)45(43,44)31-18-16-26(3)17-19-31/h4-19,21,25,33H,20,22-24H2,1-3H3,(H,38,42). The van der Waals surface area contributed by atoms with Gasteiger partial charge in [0.05, 0.1) is 10.6 Å². The molecule has 7 nitrogen and oxygen atoms in total. The Morgan fingerprint density at radius 2 is 1.56 bits per heavy atom. The van der Waals surface area contributed by atoms with Crippen LogP contribution in [0.15, 0.2) is 108 Å². The fourth-order valence-electron chi connectivity index (χ4n) is 4.78. The Hall–Kier alpha value is -4.21. The van der Waals surface area contributed by atoms with E-state index in [1.807, 2.05) is 51.1 Å². The number of carbonyl (C=O) groups is 2. The number of rotatable bonds is 13. The number of amides is 2. The Bertz CT molecular complexity index is 1720. The lowest BCUT2D eigenvalue weighted by molar-refractivity contribution is -0.140. The first-order valence-electron chi connectivity index (χ1n) is 14.6. The first-order chi connectivity index (χ1) is 21.5. The molecule has 1 atom stereocenters. The lowest BCUT2D eigenvalue weighted by Gasteiger charge is -2.34. The fourth-order valence-corrected chi connectivity index (χ4v) is 6.37. The van der Waals surface area contributed by atoms with Crippen LogP contribution in [0, 0.1) is 18.7 Å². The number of hydrogen-bond acceptors (Lipinski definition) is 4. The molecule has 0 saturated heterocycles. The van der Waals surface area contributed by atoms with Crippen LogP contribution in [-0.4, -0.2) is 44.3 Å². The molecule has 0 bridgehead atoms. The van der Waals surface area contributed by atoms with Crippen molar-refractivity contribution in [2.45, 2.75) is 44.7 Å². The second kappa shape index (κ2) is 15.2. The molecule has 0 heterocycles. The van der Waals surface area contributed by atoms with Gasteiger partial charge in [-0.05, 0) is 54.8 Å². The molecule has 0 radical (unpaired) electrons. The minimum Gasteiger partial charge on any atom is -0.354 e. The van der Waals surface area contributed by atoms with Crippen LogP contribution in [0.1, 0.15) is 30.5 Å². The van der Waals surface area contributed by atoms with Gasteiger partial charge in [-0.2, -0.15) is 0 Å². The number of nitrogens with zero attached hydrogens (tertiary/aromatic N) is 2. The quantitative estimate of drug-likeness (QED) is 0.182. The van der Waals surface area contributed by atoms with Gasteiger partial charge in [0.2, 0.25) is 11.8 Å². The lowest BCUT2D eigenvalue weighted by Crippen LogP contribution is -2.53. The average molecular weight is 650 g/mol. The van der Waals surface area contributed by atoms with E-state index in [0.717, 1.165) is 15.4 Å². The molecule has 4 aromatic carbocycles. The normalized spacial score (nSPS) is 12.0.